The molecule has 3 nitrogen and oxygen atoms in total. The van der Waals surface area contributed by atoms with Crippen molar-refractivity contribution in [2.75, 3.05) is 6.54 Å². The van der Waals surface area contributed by atoms with Gasteiger partial charge in [-0.25, -0.2) is 0 Å². The number of benzene rings is 2. The zero-order valence-electron chi connectivity index (χ0n) is 12.0. The molecule has 0 radical (unpaired) electrons. The first kappa shape index (κ1) is 15.7. The Morgan fingerprint density at radius 1 is 1.14 bits per heavy atom. The molecule has 1 atom stereocenters. The Morgan fingerprint density at radius 2 is 1.90 bits per heavy atom. The van der Waals surface area contributed by atoms with Gasteiger partial charge in [0.1, 0.15) is 0 Å². The molecule has 0 saturated carbocycles. The summed E-state index contributed by atoms with van der Waals surface area (Å²) in [5.74, 6) is 0.000648. The van der Waals surface area contributed by atoms with Crippen molar-refractivity contribution in [3.05, 3.63) is 70.2 Å². The zero-order chi connectivity index (χ0) is 15.1. The molecule has 2 aromatic carbocycles. The molecule has 0 bridgehead atoms. The summed E-state index contributed by atoms with van der Waals surface area (Å²) >= 11 is 3.45. The van der Waals surface area contributed by atoms with Gasteiger partial charge in [0.2, 0.25) is 5.91 Å². The fourth-order valence-corrected chi connectivity index (χ4v) is 2.42. The lowest BCUT2D eigenvalue weighted by Crippen LogP contribution is -2.34. The molecule has 2 N–H and O–H groups in total. The lowest BCUT2D eigenvalue weighted by molar-refractivity contribution is -0.120. The normalized spacial score (nSPS) is 11.9. The first-order valence-electron chi connectivity index (χ1n) is 6.94. The highest BCUT2D eigenvalue weighted by Gasteiger charge is 2.07. The average molecular weight is 347 g/mol. The first-order valence-corrected chi connectivity index (χ1v) is 7.74. The maximum absolute atomic E-state index is 11.8. The molecule has 0 aliphatic carbocycles. The minimum atomic E-state index is 0.000648. The van der Waals surface area contributed by atoms with Crippen LogP contribution in [0.15, 0.2) is 59.1 Å². The Bertz CT molecular complexity index is 586. The molecule has 0 heterocycles. The number of carbonyl (C=O) groups excluding carboxylic acids is 1. The summed E-state index contributed by atoms with van der Waals surface area (Å²) in [6, 6.07) is 18.1. The van der Waals surface area contributed by atoms with Gasteiger partial charge in [0.05, 0.1) is 6.54 Å². The SMILES string of the molecule is C[C@@H](NCC(=O)NCc1ccccc1)c1cccc(Br)c1. The van der Waals surface area contributed by atoms with Crippen molar-refractivity contribution in [1.29, 1.82) is 0 Å². The molecule has 0 unspecified atom stereocenters. The number of hydrogen-bond donors (Lipinski definition) is 2. The second kappa shape index (κ2) is 7.96. The van der Waals surface area contributed by atoms with Crippen LogP contribution in [0.1, 0.15) is 24.1 Å². The molecule has 0 saturated heterocycles. The largest absolute Gasteiger partial charge is 0.351 e. The summed E-state index contributed by atoms with van der Waals surface area (Å²) in [5, 5.41) is 6.14. The summed E-state index contributed by atoms with van der Waals surface area (Å²) in [6.07, 6.45) is 0. The highest BCUT2D eigenvalue weighted by molar-refractivity contribution is 9.10. The van der Waals surface area contributed by atoms with E-state index in [1.54, 1.807) is 0 Å². The molecule has 0 spiro atoms. The van der Waals surface area contributed by atoms with Crippen molar-refractivity contribution in [1.82, 2.24) is 10.6 Å². The van der Waals surface area contributed by atoms with E-state index in [1.165, 1.54) is 0 Å². The van der Waals surface area contributed by atoms with Crippen molar-refractivity contribution in [3.63, 3.8) is 0 Å². The van der Waals surface area contributed by atoms with Crippen LogP contribution in [0.25, 0.3) is 0 Å². The van der Waals surface area contributed by atoms with Crippen LogP contribution >= 0.6 is 15.9 Å². The van der Waals surface area contributed by atoms with Gasteiger partial charge < -0.3 is 10.6 Å². The van der Waals surface area contributed by atoms with Crippen LogP contribution in [0, 0.1) is 0 Å². The van der Waals surface area contributed by atoms with Crippen LogP contribution in [0.5, 0.6) is 0 Å². The van der Waals surface area contributed by atoms with Crippen LogP contribution in [-0.4, -0.2) is 12.5 Å². The molecule has 1 amide bonds. The Kier molecular flexibility index (Phi) is 5.96. The average Bonchev–Trinajstić information content (AvgIpc) is 2.51. The summed E-state index contributed by atoms with van der Waals surface area (Å²) in [7, 11) is 0. The minimum Gasteiger partial charge on any atom is -0.351 e. The third kappa shape index (κ3) is 5.33. The van der Waals surface area contributed by atoms with Crippen LogP contribution < -0.4 is 10.6 Å². The van der Waals surface area contributed by atoms with Gasteiger partial charge in [0.25, 0.3) is 0 Å². The van der Waals surface area contributed by atoms with Gasteiger partial charge in [0, 0.05) is 17.1 Å². The highest BCUT2D eigenvalue weighted by atomic mass is 79.9. The minimum absolute atomic E-state index is 0.000648. The van der Waals surface area contributed by atoms with Crippen LogP contribution in [-0.2, 0) is 11.3 Å². The monoisotopic (exact) mass is 346 g/mol. The van der Waals surface area contributed by atoms with Crippen LogP contribution in [0.4, 0.5) is 0 Å². The van der Waals surface area contributed by atoms with E-state index < -0.39 is 0 Å². The third-order valence-corrected chi connectivity index (χ3v) is 3.74. The summed E-state index contributed by atoms with van der Waals surface area (Å²) < 4.78 is 1.04. The fraction of sp³-hybridized carbons (Fsp3) is 0.235. The van der Waals surface area contributed by atoms with E-state index in [0.717, 1.165) is 15.6 Å². The van der Waals surface area contributed by atoms with Crippen molar-refractivity contribution in [2.45, 2.75) is 19.5 Å². The molecular formula is C17H19BrN2O. The molecule has 2 rings (SSSR count). The lowest BCUT2D eigenvalue weighted by Gasteiger charge is -2.14. The van der Waals surface area contributed by atoms with E-state index in [9.17, 15) is 4.79 Å². The fourth-order valence-electron chi connectivity index (χ4n) is 2.00. The molecule has 4 heteroatoms. The lowest BCUT2D eigenvalue weighted by atomic mass is 10.1. The van der Waals surface area contributed by atoms with Crippen molar-refractivity contribution in [3.8, 4) is 0 Å². The number of rotatable bonds is 6. The van der Waals surface area contributed by atoms with Gasteiger partial charge in [-0.1, -0.05) is 58.4 Å². The molecule has 0 aromatic heterocycles. The second-order valence-electron chi connectivity index (χ2n) is 4.92. The number of hydrogen-bond acceptors (Lipinski definition) is 2. The predicted octanol–water partition coefficient (Wildman–Crippen LogP) is 3.42. The third-order valence-electron chi connectivity index (χ3n) is 3.25. The number of nitrogens with one attached hydrogen (secondary N) is 2. The van der Waals surface area contributed by atoms with Crippen LogP contribution in [0.3, 0.4) is 0 Å². The smallest absolute Gasteiger partial charge is 0.234 e. The zero-order valence-corrected chi connectivity index (χ0v) is 13.6. The quantitative estimate of drug-likeness (QED) is 0.841. The molecule has 21 heavy (non-hydrogen) atoms. The summed E-state index contributed by atoms with van der Waals surface area (Å²) in [6.45, 7) is 2.92. The van der Waals surface area contributed by atoms with Crippen LogP contribution in [0.2, 0.25) is 0 Å². The number of halogens is 1. The van der Waals surface area contributed by atoms with Gasteiger partial charge >= 0.3 is 0 Å². The van der Waals surface area contributed by atoms with E-state index >= 15 is 0 Å². The standard InChI is InChI=1S/C17H19BrN2O/c1-13(15-8-5-9-16(18)10-15)19-12-17(21)20-11-14-6-3-2-4-7-14/h2-10,13,19H,11-12H2,1H3,(H,20,21)/t13-/m1/s1. The molecular weight excluding hydrogens is 328 g/mol. The maximum Gasteiger partial charge on any atom is 0.234 e. The molecule has 0 aliphatic heterocycles. The predicted molar refractivity (Wildman–Crippen MR) is 88.8 cm³/mol. The van der Waals surface area contributed by atoms with Crippen molar-refractivity contribution < 1.29 is 4.79 Å². The van der Waals surface area contributed by atoms with Gasteiger partial charge in [-0.05, 0) is 30.2 Å². The molecule has 0 fully saturated rings. The Balaban J connectivity index is 1.76. The Hall–Kier alpha value is -1.65. The Morgan fingerprint density at radius 3 is 2.62 bits per heavy atom. The maximum atomic E-state index is 11.8. The van der Waals surface area contributed by atoms with E-state index in [2.05, 4.69) is 32.6 Å². The topological polar surface area (TPSA) is 41.1 Å². The van der Waals surface area contributed by atoms with E-state index in [0.29, 0.717) is 13.1 Å². The van der Waals surface area contributed by atoms with Gasteiger partial charge in [-0.2, -0.15) is 0 Å². The van der Waals surface area contributed by atoms with Gasteiger partial charge in [-0.3, -0.25) is 4.79 Å². The first-order chi connectivity index (χ1) is 10.1. The summed E-state index contributed by atoms with van der Waals surface area (Å²) in [5.41, 5.74) is 2.26. The Labute approximate surface area is 133 Å². The summed E-state index contributed by atoms with van der Waals surface area (Å²) in [4.78, 5) is 11.8. The van der Waals surface area contributed by atoms with E-state index in [4.69, 9.17) is 0 Å². The highest BCUT2D eigenvalue weighted by Crippen LogP contribution is 2.17. The molecule has 110 valence electrons. The van der Waals surface area contributed by atoms with Gasteiger partial charge in [0.15, 0.2) is 0 Å². The van der Waals surface area contributed by atoms with Crippen molar-refractivity contribution >= 4 is 21.8 Å². The van der Waals surface area contributed by atoms with Gasteiger partial charge in [-0.15, -0.1) is 0 Å². The van der Waals surface area contributed by atoms with E-state index in [-0.39, 0.29) is 11.9 Å². The second-order valence-corrected chi connectivity index (χ2v) is 5.84. The number of amides is 1. The number of carbonyl (C=O) groups is 1. The van der Waals surface area contributed by atoms with E-state index in [1.807, 2.05) is 55.5 Å². The molecule has 0 aliphatic rings. The molecule has 2 aromatic rings. The van der Waals surface area contributed by atoms with Crippen molar-refractivity contribution in [2.24, 2.45) is 0 Å².